The van der Waals surface area contributed by atoms with Crippen LogP contribution in [0.15, 0.2) is 30.9 Å². The molecule has 0 atom stereocenters. The second-order valence-electron chi connectivity index (χ2n) is 5.72. The summed E-state index contributed by atoms with van der Waals surface area (Å²) in [6.45, 7) is 8.48. The first-order valence-electron chi connectivity index (χ1n) is 6.72. The van der Waals surface area contributed by atoms with Crippen LogP contribution in [0.5, 0.6) is 0 Å². The maximum Gasteiger partial charge on any atom is 0.416 e. The van der Waals surface area contributed by atoms with Gasteiger partial charge in [0.2, 0.25) is 0 Å². The number of hydrogen-bond donors (Lipinski definition) is 0. The van der Waals surface area contributed by atoms with Gasteiger partial charge < -0.3 is 4.74 Å². The van der Waals surface area contributed by atoms with Crippen LogP contribution in [-0.2, 0) is 10.9 Å². The maximum atomic E-state index is 12.7. The van der Waals surface area contributed by atoms with Crippen LogP contribution < -0.4 is 4.90 Å². The van der Waals surface area contributed by atoms with Gasteiger partial charge in [-0.05, 0) is 39.0 Å². The van der Waals surface area contributed by atoms with Crippen LogP contribution in [0, 0.1) is 11.3 Å². The van der Waals surface area contributed by atoms with E-state index in [0.29, 0.717) is 6.07 Å². The second-order valence-corrected chi connectivity index (χ2v) is 5.72. The third kappa shape index (κ3) is 5.02. The predicted octanol–water partition coefficient (Wildman–Crippen LogP) is 4.50. The average Bonchev–Trinajstić information content (AvgIpc) is 2.41. The van der Waals surface area contributed by atoms with Crippen molar-refractivity contribution in [2.45, 2.75) is 32.5 Å². The lowest BCUT2D eigenvalue weighted by Gasteiger charge is -2.27. The van der Waals surface area contributed by atoms with Crippen LogP contribution >= 0.6 is 0 Å². The molecule has 1 aromatic rings. The summed E-state index contributed by atoms with van der Waals surface area (Å²) in [7, 11) is 0. The minimum atomic E-state index is -4.57. The van der Waals surface area contributed by atoms with Crippen molar-refractivity contribution in [2.24, 2.45) is 0 Å². The molecule has 7 heteroatoms. The molecule has 124 valence electrons. The third-order valence-corrected chi connectivity index (χ3v) is 2.66. The number of carbonyl (C=O) groups is 1. The normalized spacial score (nSPS) is 11.5. The molecule has 0 heterocycles. The molecule has 1 aromatic carbocycles. The van der Waals surface area contributed by atoms with Crippen LogP contribution in [0.25, 0.3) is 0 Å². The van der Waals surface area contributed by atoms with Crippen molar-refractivity contribution >= 4 is 11.8 Å². The molecule has 0 N–H and O–H groups in total. The van der Waals surface area contributed by atoms with Crippen LogP contribution in [0.2, 0.25) is 0 Å². The van der Waals surface area contributed by atoms with E-state index in [1.807, 2.05) is 0 Å². The molecule has 0 aromatic heterocycles. The summed E-state index contributed by atoms with van der Waals surface area (Å²) >= 11 is 0. The monoisotopic (exact) mass is 326 g/mol. The van der Waals surface area contributed by atoms with Gasteiger partial charge in [-0.3, -0.25) is 4.90 Å². The number of halogens is 3. The molecule has 0 aliphatic carbocycles. The Bertz CT molecular complexity index is 640. The third-order valence-electron chi connectivity index (χ3n) is 2.66. The van der Waals surface area contributed by atoms with Crippen LogP contribution in [-0.4, -0.2) is 18.2 Å². The largest absolute Gasteiger partial charge is 0.443 e. The van der Waals surface area contributed by atoms with E-state index in [0.717, 1.165) is 17.0 Å². The molecular formula is C16H17F3N2O2. The van der Waals surface area contributed by atoms with Crippen molar-refractivity contribution in [3.63, 3.8) is 0 Å². The van der Waals surface area contributed by atoms with Gasteiger partial charge in [0.1, 0.15) is 11.7 Å². The number of nitriles is 1. The molecule has 1 amide bonds. The quantitative estimate of drug-likeness (QED) is 0.768. The SMILES string of the molecule is C=CCN(C(=O)OC(C)(C)C)c1ccc(C(F)(F)F)cc1C#N. The van der Waals surface area contributed by atoms with Crippen molar-refractivity contribution in [1.29, 1.82) is 5.26 Å². The van der Waals surface area contributed by atoms with Gasteiger partial charge in [0.15, 0.2) is 0 Å². The number of benzene rings is 1. The van der Waals surface area contributed by atoms with Gasteiger partial charge >= 0.3 is 12.3 Å². The Morgan fingerprint density at radius 3 is 2.43 bits per heavy atom. The van der Waals surface area contributed by atoms with E-state index in [9.17, 15) is 18.0 Å². The van der Waals surface area contributed by atoms with Crippen molar-refractivity contribution in [1.82, 2.24) is 0 Å². The number of ether oxygens (including phenoxy) is 1. The summed E-state index contributed by atoms with van der Waals surface area (Å²) in [6.07, 6.45) is -3.95. The number of amides is 1. The van der Waals surface area contributed by atoms with Gasteiger partial charge in [0.25, 0.3) is 0 Å². The van der Waals surface area contributed by atoms with E-state index in [1.54, 1.807) is 26.8 Å². The lowest BCUT2D eigenvalue weighted by molar-refractivity contribution is -0.137. The molecule has 0 aliphatic rings. The number of alkyl halides is 3. The average molecular weight is 326 g/mol. The van der Waals surface area contributed by atoms with Gasteiger partial charge in [-0.2, -0.15) is 18.4 Å². The molecule has 0 radical (unpaired) electrons. The number of carbonyl (C=O) groups excluding carboxylic acids is 1. The molecular weight excluding hydrogens is 309 g/mol. The molecule has 1 rings (SSSR count). The van der Waals surface area contributed by atoms with E-state index in [4.69, 9.17) is 10.00 Å². The Balaban J connectivity index is 3.30. The topological polar surface area (TPSA) is 53.3 Å². The summed E-state index contributed by atoms with van der Waals surface area (Å²) in [4.78, 5) is 13.3. The Labute approximate surface area is 132 Å². The number of anilines is 1. The predicted molar refractivity (Wildman–Crippen MR) is 79.9 cm³/mol. The molecule has 4 nitrogen and oxygen atoms in total. The highest BCUT2D eigenvalue weighted by Crippen LogP contribution is 2.33. The number of nitrogens with zero attached hydrogens (tertiary/aromatic N) is 2. The fraction of sp³-hybridized carbons (Fsp3) is 0.375. The smallest absolute Gasteiger partial charge is 0.416 e. The summed E-state index contributed by atoms with van der Waals surface area (Å²) in [5.41, 5.74) is -1.97. The zero-order valence-electron chi connectivity index (χ0n) is 13.1. The van der Waals surface area contributed by atoms with Gasteiger partial charge in [0, 0.05) is 6.54 Å². The highest BCUT2D eigenvalue weighted by Gasteiger charge is 2.32. The van der Waals surface area contributed by atoms with E-state index < -0.39 is 23.4 Å². The first-order valence-corrected chi connectivity index (χ1v) is 6.72. The minimum Gasteiger partial charge on any atom is -0.443 e. The molecule has 23 heavy (non-hydrogen) atoms. The highest BCUT2D eigenvalue weighted by atomic mass is 19.4. The summed E-state index contributed by atoms with van der Waals surface area (Å²) in [5.74, 6) is 0. The number of rotatable bonds is 3. The van der Waals surface area contributed by atoms with E-state index >= 15 is 0 Å². The Kier molecular flexibility index (Phi) is 5.43. The fourth-order valence-corrected chi connectivity index (χ4v) is 1.75. The second kappa shape index (κ2) is 6.73. The lowest BCUT2D eigenvalue weighted by Crippen LogP contribution is -2.37. The number of hydrogen-bond acceptors (Lipinski definition) is 3. The van der Waals surface area contributed by atoms with Crippen LogP contribution in [0.3, 0.4) is 0 Å². The van der Waals surface area contributed by atoms with Gasteiger partial charge in [-0.15, -0.1) is 6.58 Å². The maximum absolute atomic E-state index is 12.7. The van der Waals surface area contributed by atoms with Crippen molar-refractivity contribution in [2.75, 3.05) is 11.4 Å². The molecule has 0 spiro atoms. The standard InChI is InChI=1S/C16H17F3N2O2/c1-5-8-21(14(22)23-15(2,3)4)13-7-6-12(16(17,18)19)9-11(13)10-20/h5-7,9H,1,8H2,2-4H3. The summed E-state index contributed by atoms with van der Waals surface area (Å²) in [6, 6.07) is 4.28. The summed E-state index contributed by atoms with van der Waals surface area (Å²) in [5, 5.41) is 9.12. The van der Waals surface area contributed by atoms with Crippen molar-refractivity contribution < 1.29 is 22.7 Å². The first-order chi connectivity index (χ1) is 10.5. The molecule has 0 aliphatic heterocycles. The molecule has 0 bridgehead atoms. The van der Waals surface area contributed by atoms with E-state index in [1.165, 1.54) is 6.08 Å². The highest BCUT2D eigenvalue weighted by molar-refractivity contribution is 5.90. The zero-order valence-corrected chi connectivity index (χ0v) is 13.1. The molecule has 0 unspecified atom stereocenters. The van der Waals surface area contributed by atoms with Gasteiger partial charge in [0.05, 0.1) is 16.8 Å². The Morgan fingerprint density at radius 1 is 1.39 bits per heavy atom. The zero-order chi connectivity index (χ0) is 17.8. The Morgan fingerprint density at radius 2 is 2.00 bits per heavy atom. The minimum absolute atomic E-state index is 0.00500. The fourth-order valence-electron chi connectivity index (χ4n) is 1.75. The van der Waals surface area contributed by atoms with Crippen molar-refractivity contribution in [3.8, 4) is 6.07 Å². The van der Waals surface area contributed by atoms with Crippen molar-refractivity contribution in [3.05, 3.63) is 42.0 Å². The van der Waals surface area contributed by atoms with Gasteiger partial charge in [-0.1, -0.05) is 6.08 Å². The van der Waals surface area contributed by atoms with E-state index in [2.05, 4.69) is 6.58 Å². The molecule has 0 saturated heterocycles. The molecule has 0 saturated carbocycles. The summed E-state index contributed by atoms with van der Waals surface area (Å²) < 4.78 is 43.4. The molecule has 0 fully saturated rings. The van der Waals surface area contributed by atoms with Crippen LogP contribution in [0.1, 0.15) is 31.9 Å². The van der Waals surface area contributed by atoms with Crippen LogP contribution in [0.4, 0.5) is 23.7 Å². The van der Waals surface area contributed by atoms with Gasteiger partial charge in [-0.25, -0.2) is 4.79 Å². The van der Waals surface area contributed by atoms with E-state index in [-0.39, 0.29) is 17.8 Å². The lowest BCUT2D eigenvalue weighted by atomic mass is 10.1. The first kappa shape index (κ1) is 18.6. The Hall–Kier alpha value is -2.49.